The molecule has 1 aromatic carbocycles. The van der Waals surface area contributed by atoms with Gasteiger partial charge in [0, 0.05) is 5.33 Å². The summed E-state index contributed by atoms with van der Waals surface area (Å²) >= 11 is 3.38. The minimum Gasteiger partial charge on any atom is -0.392 e. The first-order valence-electron chi connectivity index (χ1n) is 4.71. The fourth-order valence-corrected chi connectivity index (χ4v) is 1.55. The van der Waals surface area contributed by atoms with E-state index in [-0.39, 0.29) is 6.61 Å². The number of aryl methyl sites for hydroxylation is 1. The van der Waals surface area contributed by atoms with Gasteiger partial charge in [0.15, 0.2) is 0 Å². The van der Waals surface area contributed by atoms with Gasteiger partial charge < -0.3 is 5.11 Å². The molecule has 0 radical (unpaired) electrons. The Bertz CT molecular complexity index is 318. The molecule has 1 nitrogen and oxygen atoms in total. The van der Waals surface area contributed by atoms with Gasteiger partial charge in [-0.1, -0.05) is 46.3 Å². The molecule has 14 heavy (non-hydrogen) atoms. The summed E-state index contributed by atoms with van der Waals surface area (Å²) in [5.41, 5.74) is 3.34. The van der Waals surface area contributed by atoms with Gasteiger partial charge in [-0.05, 0) is 30.0 Å². The second-order valence-electron chi connectivity index (χ2n) is 3.22. The summed E-state index contributed by atoms with van der Waals surface area (Å²) in [4.78, 5) is 0. The lowest BCUT2D eigenvalue weighted by atomic mass is 10.1. The third kappa shape index (κ3) is 3.28. The predicted molar refractivity (Wildman–Crippen MR) is 64.5 cm³/mol. The second kappa shape index (κ2) is 5.99. The number of alkyl halides is 1. The Balaban J connectivity index is 2.76. The molecule has 2 heteroatoms. The molecule has 76 valence electrons. The summed E-state index contributed by atoms with van der Waals surface area (Å²) in [5.74, 6) is 0. The van der Waals surface area contributed by atoms with Crippen LogP contribution in [0.5, 0.6) is 0 Å². The van der Waals surface area contributed by atoms with E-state index in [1.165, 1.54) is 5.56 Å². The Morgan fingerprint density at radius 2 is 2.21 bits per heavy atom. The zero-order valence-electron chi connectivity index (χ0n) is 8.33. The molecule has 0 aromatic heterocycles. The monoisotopic (exact) mass is 254 g/mol. The highest BCUT2D eigenvalue weighted by Gasteiger charge is 1.96. The van der Waals surface area contributed by atoms with Crippen LogP contribution in [0, 0.1) is 6.92 Å². The molecule has 0 bridgehead atoms. The SMILES string of the molecule is Cc1cc(C=CCCBr)ccc1CO. The van der Waals surface area contributed by atoms with Crippen LogP contribution in [0.2, 0.25) is 0 Å². The minimum atomic E-state index is 0.122. The molecule has 1 aromatic rings. The van der Waals surface area contributed by atoms with Crippen molar-refractivity contribution in [1.82, 2.24) is 0 Å². The molecular formula is C12H15BrO. The van der Waals surface area contributed by atoms with E-state index in [4.69, 9.17) is 5.11 Å². The lowest BCUT2D eigenvalue weighted by molar-refractivity contribution is 0.281. The molecule has 0 amide bonds. The van der Waals surface area contributed by atoms with E-state index in [0.29, 0.717) is 0 Å². The number of benzene rings is 1. The van der Waals surface area contributed by atoms with Crippen LogP contribution in [0.3, 0.4) is 0 Å². The zero-order chi connectivity index (χ0) is 10.4. The molecule has 0 aliphatic heterocycles. The van der Waals surface area contributed by atoms with E-state index < -0.39 is 0 Å². The first kappa shape index (κ1) is 11.5. The molecular weight excluding hydrogens is 240 g/mol. The van der Waals surface area contributed by atoms with Gasteiger partial charge in [-0.3, -0.25) is 0 Å². The molecule has 0 saturated heterocycles. The normalized spacial score (nSPS) is 11.1. The highest BCUT2D eigenvalue weighted by Crippen LogP contribution is 2.12. The number of allylic oxidation sites excluding steroid dienone is 1. The summed E-state index contributed by atoms with van der Waals surface area (Å²) in [6.07, 6.45) is 5.29. The standard InChI is InChI=1S/C12H15BrO/c1-10-8-11(4-2-3-7-13)5-6-12(10)9-14/h2,4-6,8,14H,3,7,9H2,1H3. The van der Waals surface area contributed by atoms with E-state index in [9.17, 15) is 0 Å². The van der Waals surface area contributed by atoms with Gasteiger partial charge in [-0.25, -0.2) is 0 Å². The summed E-state index contributed by atoms with van der Waals surface area (Å²) < 4.78 is 0. The van der Waals surface area contributed by atoms with Crippen molar-refractivity contribution in [2.24, 2.45) is 0 Å². The number of aliphatic hydroxyl groups is 1. The quantitative estimate of drug-likeness (QED) is 0.818. The lowest BCUT2D eigenvalue weighted by Gasteiger charge is -2.02. The van der Waals surface area contributed by atoms with Gasteiger partial charge in [0.1, 0.15) is 0 Å². The van der Waals surface area contributed by atoms with Crippen molar-refractivity contribution in [2.75, 3.05) is 5.33 Å². The van der Waals surface area contributed by atoms with Crippen molar-refractivity contribution in [2.45, 2.75) is 20.0 Å². The van der Waals surface area contributed by atoms with Crippen LogP contribution in [0.25, 0.3) is 6.08 Å². The van der Waals surface area contributed by atoms with Gasteiger partial charge >= 0.3 is 0 Å². The maximum absolute atomic E-state index is 9.00. The fraction of sp³-hybridized carbons (Fsp3) is 0.333. The minimum absolute atomic E-state index is 0.122. The van der Waals surface area contributed by atoms with E-state index in [0.717, 1.165) is 22.9 Å². The Labute approximate surface area is 93.6 Å². The molecule has 0 heterocycles. The topological polar surface area (TPSA) is 20.2 Å². The van der Waals surface area contributed by atoms with Gasteiger partial charge in [-0.2, -0.15) is 0 Å². The van der Waals surface area contributed by atoms with E-state index in [1.54, 1.807) is 0 Å². The summed E-state index contributed by atoms with van der Waals surface area (Å²) in [6, 6.07) is 6.10. The van der Waals surface area contributed by atoms with Crippen molar-refractivity contribution >= 4 is 22.0 Å². The summed E-state index contributed by atoms with van der Waals surface area (Å²) in [7, 11) is 0. The highest BCUT2D eigenvalue weighted by molar-refractivity contribution is 9.09. The Morgan fingerprint density at radius 1 is 1.43 bits per heavy atom. The molecule has 0 atom stereocenters. The molecule has 0 fully saturated rings. The Hall–Kier alpha value is -0.600. The van der Waals surface area contributed by atoms with Crippen LogP contribution in [-0.4, -0.2) is 10.4 Å². The number of hydrogen-bond donors (Lipinski definition) is 1. The van der Waals surface area contributed by atoms with Crippen molar-refractivity contribution in [1.29, 1.82) is 0 Å². The van der Waals surface area contributed by atoms with Crippen LogP contribution in [0.15, 0.2) is 24.3 Å². The maximum Gasteiger partial charge on any atom is 0.0684 e. The van der Waals surface area contributed by atoms with Crippen molar-refractivity contribution in [3.63, 3.8) is 0 Å². The first-order valence-corrected chi connectivity index (χ1v) is 5.83. The van der Waals surface area contributed by atoms with Crippen molar-refractivity contribution in [3.05, 3.63) is 41.0 Å². The van der Waals surface area contributed by atoms with Crippen LogP contribution in [0.1, 0.15) is 23.1 Å². The average Bonchev–Trinajstić information content (AvgIpc) is 2.18. The third-order valence-corrected chi connectivity index (χ3v) is 2.58. The van der Waals surface area contributed by atoms with Crippen LogP contribution in [0.4, 0.5) is 0 Å². The molecule has 0 spiro atoms. The smallest absolute Gasteiger partial charge is 0.0684 e. The molecule has 1 N–H and O–H groups in total. The largest absolute Gasteiger partial charge is 0.392 e. The van der Waals surface area contributed by atoms with Gasteiger partial charge in [0.05, 0.1) is 6.61 Å². The Morgan fingerprint density at radius 3 is 2.79 bits per heavy atom. The van der Waals surface area contributed by atoms with E-state index in [1.807, 2.05) is 19.1 Å². The number of rotatable bonds is 4. The maximum atomic E-state index is 9.00. The first-order chi connectivity index (χ1) is 6.77. The molecule has 0 unspecified atom stereocenters. The lowest BCUT2D eigenvalue weighted by Crippen LogP contribution is -1.88. The van der Waals surface area contributed by atoms with Crippen LogP contribution in [-0.2, 0) is 6.61 Å². The Kier molecular flexibility index (Phi) is 4.91. The zero-order valence-corrected chi connectivity index (χ0v) is 9.92. The van der Waals surface area contributed by atoms with Crippen molar-refractivity contribution < 1.29 is 5.11 Å². The summed E-state index contributed by atoms with van der Waals surface area (Å²) in [6.45, 7) is 2.14. The molecule has 1 rings (SSSR count). The average molecular weight is 255 g/mol. The van der Waals surface area contributed by atoms with E-state index in [2.05, 4.69) is 34.1 Å². The number of halogens is 1. The second-order valence-corrected chi connectivity index (χ2v) is 4.02. The third-order valence-electron chi connectivity index (χ3n) is 2.12. The summed E-state index contributed by atoms with van der Waals surface area (Å²) in [5, 5.41) is 10.00. The molecule has 0 saturated carbocycles. The van der Waals surface area contributed by atoms with Gasteiger partial charge in [-0.15, -0.1) is 0 Å². The predicted octanol–water partition coefficient (Wildman–Crippen LogP) is 3.29. The van der Waals surface area contributed by atoms with Gasteiger partial charge in [0.25, 0.3) is 0 Å². The van der Waals surface area contributed by atoms with Gasteiger partial charge in [0.2, 0.25) is 0 Å². The fourth-order valence-electron chi connectivity index (χ4n) is 1.28. The van der Waals surface area contributed by atoms with Crippen LogP contribution >= 0.6 is 15.9 Å². The highest BCUT2D eigenvalue weighted by atomic mass is 79.9. The van der Waals surface area contributed by atoms with E-state index >= 15 is 0 Å². The number of hydrogen-bond acceptors (Lipinski definition) is 1. The molecule has 0 aliphatic carbocycles. The van der Waals surface area contributed by atoms with Crippen molar-refractivity contribution in [3.8, 4) is 0 Å². The number of aliphatic hydroxyl groups excluding tert-OH is 1. The van der Waals surface area contributed by atoms with Crippen LogP contribution < -0.4 is 0 Å². The molecule has 0 aliphatic rings.